The molecule has 0 unspecified atom stereocenters. The highest BCUT2D eigenvalue weighted by molar-refractivity contribution is 9.10. The molecule has 4 aromatic rings. The van der Waals surface area contributed by atoms with Gasteiger partial charge in [-0.25, -0.2) is 13.8 Å². The number of anilines is 1. The van der Waals surface area contributed by atoms with Crippen LogP contribution in [-0.4, -0.2) is 41.3 Å². The van der Waals surface area contributed by atoms with Crippen LogP contribution in [0.25, 0.3) is 0 Å². The van der Waals surface area contributed by atoms with Crippen LogP contribution in [-0.2, 0) is 21.4 Å². The van der Waals surface area contributed by atoms with Gasteiger partial charge < -0.3 is 14.2 Å². The van der Waals surface area contributed by atoms with Gasteiger partial charge in [0.05, 0.1) is 35.5 Å². The number of nitrogens with one attached hydrogen (secondary N) is 1. The summed E-state index contributed by atoms with van der Waals surface area (Å²) < 4.78 is 45.9. The van der Waals surface area contributed by atoms with Gasteiger partial charge in [-0.15, -0.1) is 0 Å². The summed E-state index contributed by atoms with van der Waals surface area (Å²) in [5.74, 6) is 0.510. The zero-order chi connectivity index (χ0) is 31.9. The van der Waals surface area contributed by atoms with Gasteiger partial charge in [-0.1, -0.05) is 59.1 Å². The minimum absolute atomic E-state index is 0.00284. The van der Waals surface area contributed by atoms with Crippen LogP contribution in [0.1, 0.15) is 22.3 Å². The van der Waals surface area contributed by atoms with Gasteiger partial charge >= 0.3 is 0 Å². The monoisotopic (exact) mass is 699 g/mol. The Bertz CT molecular complexity index is 1760. The van der Waals surface area contributed by atoms with Crippen LogP contribution in [0.2, 0.25) is 5.02 Å². The molecule has 0 aromatic heterocycles. The molecule has 0 bridgehead atoms. The zero-order valence-corrected chi connectivity index (χ0v) is 27.7. The molecule has 44 heavy (non-hydrogen) atoms. The average molecular weight is 701 g/mol. The third-order valence-corrected chi connectivity index (χ3v) is 9.06. The lowest BCUT2D eigenvalue weighted by Crippen LogP contribution is -2.39. The maximum absolute atomic E-state index is 13.7. The molecule has 0 saturated carbocycles. The molecule has 1 amide bonds. The number of ether oxygens (including phenoxy) is 3. The number of halogens is 2. The van der Waals surface area contributed by atoms with Gasteiger partial charge in [0, 0.05) is 5.02 Å². The highest BCUT2D eigenvalue weighted by atomic mass is 79.9. The highest BCUT2D eigenvalue weighted by Gasteiger charge is 2.29. The summed E-state index contributed by atoms with van der Waals surface area (Å²) in [7, 11) is -1.27. The number of carbonyl (C=O) groups excluding carboxylic acids is 1. The number of rotatable bonds is 12. The van der Waals surface area contributed by atoms with E-state index in [-0.39, 0.29) is 21.4 Å². The second-order valence-electron chi connectivity index (χ2n) is 9.74. The number of sulfonamides is 1. The summed E-state index contributed by atoms with van der Waals surface area (Å²) in [6.07, 6.45) is 1.41. The highest BCUT2D eigenvalue weighted by Crippen LogP contribution is 2.37. The van der Waals surface area contributed by atoms with Gasteiger partial charge in [0.15, 0.2) is 11.5 Å². The van der Waals surface area contributed by atoms with E-state index in [4.69, 9.17) is 25.8 Å². The molecule has 0 saturated heterocycles. The fourth-order valence-electron chi connectivity index (χ4n) is 4.13. The summed E-state index contributed by atoms with van der Waals surface area (Å²) in [4.78, 5) is 13.1. The van der Waals surface area contributed by atoms with Crippen LogP contribution in [0.15, 0.2) is 93.3 Å². The Labute approximate surface area is 270 Å². The summed E-state index contributed by atoms with van der Waals surface area (Å²) >= 11 is 9.72. The average Bonchev–Trinajstić information content (AvgIpc) is 3.00. The third-order valence-electron chi connectivity index (χ3n) is 6.46. The lowest BCUT2D eigenvalue weighted by atomic mass is 10.2. The Morgan fingerprint density at radius 3 is 2.20 bits per heavy atom. The van der Waals surface area contributed by atoms with Gasteiger partial charge in [-0.05, 0) is 83.4 Å². The minimum atomic E-state index is -4.19. The molecule has 0 fully saturated rings. The second-order valence-corrected chi connectivity index (χ2v) is 12.9. The van der Waals surface area contributed by atoms with Crippen molar-refractivity contribution in [3.63, 3.8) is 0 Å². The summed E-state index contributed by atoms with van der Waals surface area (Å²) in [5.41, 5.74) is 6.16. The molecule has 9 nitrogen and oxygen atoms in total. The molecule has 12 heteroatoms. The van der Waals surface area contributed by atoms with Crippen molar-refractivity contribution in [2.24, 2.45) is 5.10 Å². The molecule has 0 aliphatic rings. The minimum Gasteiger partial charge on any atom is -0.495 e. The maximum atomic E-state index is 13.7. The van der Waals surface area contributed by atoms with Crippen molar-refractivity contribution in [2.75, 3.05) is 25.1 Å². The predicted octanol–water partition coefficient (Wildman–Crippen LogP) is 6.66. The van der Waals surface area contributed by atoms with Crippen LogP contribution in [0.4, 0.5) is 5.69 Å². The lowest BCUT2D eigenvalue weighted by Gasteiger charge is -2.25. The van der Waals surface area contributed by atoms with Crippen LogP contribution in [0.3, 0.4) is 0 Å². The molecule has 0 aliphatic carbocycles. The first kappa shape index (κ1) is 32.8. The van der Waals surface area contributed by atoms with Crippen molar-refractivity contribution in [3.05, 3.63) is 111 Å². The second kappa shape index (κ2) is 14.6. The zero-order valence-electron chi connectivity index (χ0n) is 24.5. The van der Waals surface area contributed by atoms with E-state index in [9.17, 15) is 13.2 Å². The number of aryl methyl sites for hydroxylation is 2. The van der Waals surface area contributed by atoms with E-state index in [1.807, 2.05) is 38.1 Å². The smallest absolute Gasteiger partial charge is 0.264 e. The van der Waals surface area contributed by atoms with Crippen molar-refractivity contribution in [1.82, 2.24) is 5.43 Å². The molecular formula is C32H31BrClN3O6S. The van der Waals surface area contributed by atoms with Crippen LogP contribution in [0, 0.1) is 13.8 Å². The molecule has 0 heterocycles. The van der Waals surface area contributed by atoms with E-state index in [2.05, 4.69) is 26.5 Å². The SMILES string of the molecule is COc1ccc(Cl)cc1N(CC(=O)N/N=C/c1cc(Br)c(OCc2ccc(C)cc2)c(OC)c1)S(=O)(=O)c1ccc(C)cc1. The quantitative estimate of drug-likeness (QED) is 0.131. The summed E-state index contributed by atoms with van der Waals surface area (Å²) in [6.45, 7) is 3.62. The maximum Gasteiger partial charge on any atom is 0.264 e. The van der Waals surface area contributed by atoms with E-state index in [0.717, 1.165) is 21.0 Å². The topological polar surface area (TPSA) is 107 Å². The Balaban J connectivity index is 1.53. The first-order valence-electron chi connectivity index (χ1n) is 13.3. The Kier molecular flexibility index (Phi) is 10.9. The normalized spacial score (nSPS) is 11.3. The Morgan fingerprint density at radius 2 is 1.57 bits per heavy atom. The Hall–Kier alpha value is -4.06. The largest absolute Gasteiger partial charge is 0.495 e. The molecule has 4 rings (SSSR count). The molecule has 230 valence electrons. The van der Waals surface area contributed by atoms with Crippen molar-refractivity contribution in [1.29, 1.82) is 0 Å². The number of hydrazone groups is 1. The van der Waals surface area contributed by atoms with E-state index >= 15 is 0 Å². The van der Waals surface area contributed by atoms with Gasteiger partial charge in [0.1, 0.15) is 18.9 Å². The van der Waals surface area contributed by atoms with Crippen molar-refractivity contribution < 1.29 is 27.4 Å². The number of amides is 1. The first-order chi connectivity index (χ1) is 21.0. The first-order valence-corrected chi connectivity index (χ1v) is 15.9. The molecule has 0 aliphatic heterocycles. The van der Waals surface area contributed by atoms with E-state index < -0.39 is 22.5 Å². The lowest BCUT2D eigenvalue weighted by molar-refractivity contribution is -0.119. The number of nitrogens with zero attached hydrogens (tertiary/aromatic N) is 2. The van der Waals surface area contributed by atoms with E-state index in [1.165, 1.54) is 44.7 Å². The molecule has 1 N–H and O–H groups in total. The summed E-state index contributed by atoms with van der Waals surface area (Å²) in [6, 6.07) is 22.3. The number of benzene rings is 4. The molecule has 4 aromatic carbocycles. The number of hydrogen-bond acceptors (Lipinski definition) is 7. The van der Waals surface area contributed by atoms with Gasteiger partial charge in [0.2, 0.25) is 0 Å². The van der Waals surface area contributed by atoms with Crippen molar-refractivity contribution in [3.8, 4) is 17.2 Å². The van der Waals surface area contributed by atoms with Crippen molar-refractivity contribution in [2.45, 2.75) is 25.3 Å². The van der Waals surface area contributed by atoms with Crippen LogP contribution < -0.4 is 23.9 Å². The van der Waals surface area contributed by atoms with Gasteiger partial charge in [-0.2, -0.15) is 5.10 Å². The fourth-order valence-corrected chi connectivity index (χ4v) is 6.30. The summed E-state index contributed by atoms with van der Waals surface area (Å²) in [5, 5.41) is 4.31. The van der Waals surface area contributed by atoms with Crippen LogP contribution >= 0.6 is 27.5 Å². The van der Waals surface area contributed by atoms with Crippen molar-refractivity contribution >= 4 is 55.4 Å². The molecular weight excluding hydrogens is 670 g/mol. The molecule has 0 atom stereocenters. The number of methoxy groups -OCH3 is 2. The number of hydrogen-bond donors (Lipinski definition) is 1. The van der Waals surface area contributed by atoms with Crippen LogP contribution in [0.5, 0.6) is 17.2 Å². The standard InChI is InChI=1S/C32H31BrClN3O6S/c1-21-5-9-23(10-6-21)20-43-32-27(33)15-24(16-30(32)42-4)18-35-36-31(38)19-37(28-17-25(34)11-14-29(28)41-3)44(39,40)26-12-7-22(2)8-13-26/h5-18H,19-20H2,1-4H3,(H,36,38)/b35-18+. The predicted molar refractivity (Wildman–Crippen MR) is 176 cm³/mol. The van der Waals surface area contributed by atoms with Gasteiger partial charge in [-0.3, -0.25) is 9.10 Å². The molecule has 0 radical (unpaired) electrons. The number of carbonyl (C=O) groups is 1. The van der Waals surface area contributed by atoms with E-state index in [0.29, 0.717) is 28.1 Å². The third kappa shape index (κ3) is 8.10. The van der Waals surface area contributed by atoms with Gasteiger partial charge in [0.25, 0.3) is 15.9 Å². The fraction of sp³-hybridized carbons (Fsp3) is 0.188. The van der Waals surface area contributed by atoms with E-state index in [1.54, 1.807) is 30.3 Å². The molecule has 0 spiro atoms. The Morgan fingerprint density at radius 1 is 0.932 bits per heavy atom.